The van der Waals surface area contributed by atoms with E-state index in [-0.39, 0.29) is 5.41 Å². The zero-order valence-electron chi connectivity index (χ0n) is 10.6. The van der Waals surface area contributed by atoms with Crippen LogP contribution in [0.3, 0.4) is 0 Å². The van der Waals surface area contributed by atoms with Crippen LogP contribution in [0.5, 0.6) is 0 Å². The lowest BCUT2D eigenvalue weighted by Gasteiger charge is -2.24. The maximum Gasteiger partial charge on any atom is 0.236 e. The molecule has 0 aromatic carbocycles. The predicted octanol–water partition coefficient (Wildman–Crippen LogP) is 0.986. The fraction of sp³-hybridized carbons (Fsp3) is 0.833. The van der Waals surface area contributed by atoms with Gasteiger partial charge in [0.15, 0.2) is 5.82 Å². The number of rotatable bonds is 2. The van der Waals surface area contributed by atoms with E-state index in [2.05, 4.69) is 28.9 Å². The van der Waals surface area contributed by atoms with E-state index in [1.165, 1.54) is 0 Å². The summed E-state index contributed by atoms with van der Waals surface area (Å²) >= 11 is 0. The fourth-order valence-corrected chi connectivity index (χ4v) is 2.97. The van der Waals surface area contributed by atoms with Crippen molar-refractivity contribution in [1.29, 1.82) is 0 Å². The van der Waals surface area contributed by atoms with Crippen molar-refractivity contribution in [2.24, 2.45) is 5.92 Å². The highest BCUT2D eigenvalue weighted by Crippen LogP contribution is 2.43. The van der Waals surface area contributed by atoms with Crippen LogP contribution in [0.2, 0.25) is 0 Å². The van der Waals surface area contributed by atoms with Gasteiger partial charge in [-0.3, -0.25) is 4.90 Å². The highest BCUT2D eigenvalue weighted by atomic mass is 16.5. The van der Waals surface area contributed by atoms with Crippen LogP contribution in [-0.4, -0.2) is 47.4 Å². The second kappa shape index (κ2) is 3.78. The van der Waals surface area contributed by atoms with Gasteiger partial charge in [-0.1, -0.05) is 5.16 Å². The van der Waals surface area contributed by atoms with Gasteiger partial charge < -0.3 is 9.26 Å². The van der Waals surface area contributed by atoms with Crippen LogP contribution in [0.15, 0.2) is 4.52 Å². The minimum Gasteiger partial charge on any atom is -0.380 e. The average Bonchev–Trinajstić information content (AvgIpc) is 2.88. The Balaban J connectivity index is 1.94. The van der Waals surface area contributed by atoms with Gasteiger partial charge in [-0.2, -0.15) is 4.98 Å². The van der Waals surface area contributed by atoms with E-state index in [1.807, 2.05) is 6.92 Å². The van der Waals surface area contributed by atoms with Crippen LogP contribution < -0.4 is 0 Å². The SMILES string of the molecule is Cc1noc([C@]23COC[C@H]2CN(C(C)C)C3)n1. The molecule has 0 amide bonds. The zero-order valence-corrected chi connectivity index (χ0v) is 10.6. The van der Waals surface area contributed by atoms with Crippen LogP contribution in [-0.2, 0) is 10.2 Å². The van der Waals surface area contributed by atoms with Gasteiger partial charge >= 0.3 is 0 Å². The van der Waals surface area contributed by atoms with Gasteiger partial charge in [-0.15, -0.1) is 0 Å². The van der Waals surface area contributed by atoms with E-state index >= 15 is 0 Å². The number of fused-ring (bicyclic) bond motifs is 1. The summed E-state index contributed by atoms with van der Waals surface area (Å²) in [7, 11) is 0. The lowest BCUT2D eigenvalue weighted by atomic mass is 9.81. The van der Waals surface area contributed by atoms with Crippen molar-refractivity contribution in [3.05, 3.63) is 11.7 Å². The molecule has 3 heterocycles. The number of aromatic nitrogens is 2. The van der Waals surface area contributed by atoms with Crippen LogP contribution in [0.1, 0.15) is 25.6 Å². The predicted molar refractivity (Wildman–Crippen MR) is 61.7 cm³/mol. The Morgan fingerprint density at radius 3 is 2.94 bits per heavy atom. The first kappa shape index (κ1) is 11.2. The van der Waals surface area contributed by atoms with E-state index in [4.69, 9.17) is 9.26 Å². The van der Waals surface area contributed by atoms with Crippen molar-refractivity contribution in [3.63, 3.8) is 0 Å². The first-order valence-corrected chi connectivity index (χ1v) is 6.24. The van der Waals surface area contributed by atoms with Crippen molar-refractivity contribution in [3.8, 4) is 0 Å². The van der Waals surface area contributed by atoms with E-state index in [0.717, 1.165) is 25.6 Å². The largest absolute Gasteiger partial charge is 0.380 e. The highest BCUT2D eigenvalue weighted by molar-refractivity contribution is 5.17. The number of nitrogens with zero attached hydrogens (tertiary/aromatic N) is 3. The number of aryl methyl sites for hydroxylation is 1. The molecule has 0 spiro atoms. The molecule has 0 unspecified atom stereocenters. The summed E-state index contributed by atoms with van der Waals surface area (Å²) in [5.41, 5.74) is -0.0640. The number of ether oxygens (including phenoxy) is 1. The summed E-state index contributed by atoms with van der Waals surface area (Å²) in [5.74, 6) is 1.97. The zero-order chi connectivity index (χ0) is 12.0. The topological polar surface area (TPSA) is 51.4 Å². The van der Waals surface area contributed by atoms with E-state index in [0.29, 0.717) is 24.4 Å². The van der Waals surface area contributed by atoms with E-state index in [1.54, 1.807) is 0 Å². The van der Waals surface area contributed by atoms with Crippen molar-refractivity contribution in [2.45, 2.75) is 32.2 Å². The summed E-state index contributed by atoms with van der Waals surface area (Å²) in [5, 5.41) is 3.93. The third-order valence-electron chi connectivity index (χ3n) is 4.08. The average molecular weight is 237 g/mol. The van der Waals surface area contributed by atoms with Gasteiger partial charge in [-0.25, -0.2) is 0 Å². The Kier molecular flexibility index (Phi) is 2.48. The molecule has 5 heteroatoms. The molecule has 5 nitrogen and oxygen atoms in total. The van der Waals surface area contributed by atoms with Crippen LogP contribution >= 0.6 is 0 Å². The summed E-state index contributed by atoms with van der Waals surface area (Å²) in [4.78, 5) is 6.91. The van der Waals surface area contributed by atoms with E-state index in [9.17, 15) is 0 Å². The second-order valence-corrected chi connectivity index (χ2v) is 5.54. The summed E-state index contributed by atoms with van der Waals surface area (Å²) < 4.78 is 11.1. The van der Waals surface area contributed by atoms with Crippen LogP contribution in [0.25, 0.3) is 0 Å². The molecule has 2 aliphatic rings. The van der Waals surface area contributed by atoms with Gasteiger partial charge in [0.05, 0.1) is 18.6 Å². The molecule has 2 saturated heterocycles. The first-order valence-electron chi connectivity index (χ1n) is 6.24. The highest BCUT2D eigenvalue weighted by Gasteiger charge is 2.55. The quantitative estimate of drug-likeness (QED) is 0.767. The van der Waals surface area contributed by atoms with Crippen LogP contribution in [0, 0.1) is 12.8 Å². The summed E-state index contributed by atoms with van der Waals surface area (Å²) in [6.45, 7) is 9.89. The lowest BCUT2D eigenvalue weighted by molar-refractivity contribution is 0.130. The van der Waals surface area contributed by atoms with Crippen molar-refractivity contribution in [1.82, 2.24) is 15.0 Å². The molecule has 2 atom stereocenters. The molecule has 17 heavy (non-hydrogen) atoms. The first-order chi connectivity index (χ1) is 8.12. The third-order valence-corrected chi connectivity index (χ3v) is 4.08. The molecule has 2 aliphatic heterocycles. The molecular formula is C12H19N3O2. The Morgan fingerprint density at radius 1 is 1.47 bits per heavy atom. The van der Waals surface area contributed by atoms with Gasteiger partial charge in [-0.05, 0) is 20.8 Å². The molecule has 0 aliphatic carbocycles. The molecule has 1 aromatic rings. The Morgan fingerprint density at radius 2 is 2.29 bits per heavy atom. The Labute approximate surface area is 101 Å². The van der Waals surface area contributed by atoms with Crippen molar-refractivity contribution in [2.75, 3.05) is 26.3 Å². The maximum absolute atomic E-state index is 5.65. The fourth-order valence-electron chi connectivity index (χ4n) is 2.97. The van der Waals surface area contributed by atoms with Gasteiger partial charge in [0.2, 0.25) is 5.89 Å². The lowest BCUT2D eigenvalue weighted by Crippen LogP contribution is -2.37. The Hall–Kier alpha value is -0.940. The normalized spacial score (nSPS) is 33.5. The molecule has 0 saturated carbocycles. The van der Waals surface area contributed by atoms with Crippen LogP contribution in [0.4, 0.5) is 0 Å². The Bertz CT molecular complexity index is 418. The van der Waals surface area contributed by atoms with Gasteiger partial charge in [0.25, 0.3) is 0 Å². The minimum atomic E-state index is -0.0640. The molecule has 1 aromatic heterocycles. The molecule has 0 N–H and O–H groups in total. The molecule has 0 bridgehead atoms. The third kappa shape index (κ3) is 1.60. The van der Waals surface area contributed by atoms with Gasteiger partial charge in [0, 0.05) is 25.0 Å². The standard InChI is InChI=1S/C12H19N3O2/c1-8(2)15-4-10-5-16-7-12(10,6-15)11-13-9(3)14-17-11/h8,10H,4-7H2,1-3H3/t10-,12-/m1/s1. The van der Waals surface area contributed by atoms with Crippen molar-refractivity contribution >= 4 is 0 Å². The molecule has 2 fully saturated rings. The smallest absolute Gasteiger partial charge is 0.236 e. The molecule has 94 valence electrons. The maximum atomic E-state index is 5.65. The molecule has 3 rings (SSSR count). The molecule has 0 radical (unpaired) electrons. The summed E-state index contributed by atoms with van der Waals surface area (Å²) in [6.07, 6.45) is 0. The minimum absolute atomic E-state index is 0.0640. The van der Waals surface area contributed by atoms with E-state index < -0.39 is 0 Å². The van der Waals surface area contributed by atoms with Crippen molar-refractivity contribution < 1.29 is 9.26 Å². The molecular weight excluding hydrogens is 218 g/mol. The van der Waals surface area contributed by atoms with Gasteiger partial charge in [0.1, 0.15) is 0 Å². The monoisotopic (exact) mass is 237 g/mol. The number of hydrogen-bond donors (Lipinski definition) is 0. The number of likely N-dealkylation sites (tertiary alicyclic amines) is 1. The second-order valence-electron chi connectivity index (χ2n) is 5.54. The number of hydrogen-bond acceptors (Lipinski definition) is 5. The summed E-state index contributed by atoms with van der Waals surface area (Å²) in [6, 6.07) is 0.557.